The van der Waals surface area contributed by atoms with Crippen LogP contribution in [0, 0.1) is 12.8 Å². The third-order valence-electron chi connectivity index (χ3n) is 3.44. The summed E-state index contributed by atoms with van der Waals surface area (Å²) in [4.78, 5) is 31.4. The molecule has 1 unspecified atom stereocenters. The van der Waals surface area contributed by atoms with Gasteiger partial charge in [-0.2, -0.15) is 0 Å². The molecule has 0 spiro atoms. The summed E-state index contributed by atoms with van der Waals surface area (Å²) in [5.74, 6) is 0.360. The van der Waals surface area contributed by atoms with E-state index in [0.29, 0.717) is 31.8 Å². The van der Waals surface area contributed by atoms with Gasteiger partial charge in [-0.15, -0.1) is 11.3 Å². The molecule has 1 aromatic rings. The van der Waals surface area contributed by atoms with E-state index < -0.39 is 6.04 Å². The maximum Gasteiger partial charge on any atom is 0.245 e. The molecule has 0 aromatic carbocycles. The second-order valence-electron chi connectivity index (χ2n) is 5.62. The highest BCUT2D eigenvalue weighted by Crippen LogP contribution is 2.18. The number of aryl methyl sites for hydroxylation is 1. The molecule has 1 aromatic heterocycles. The lowest BCUT2D eigenvalue weighted by Gasteiger charge is -2.24. The van der Waals surface area contributed by atoms with Gasteiger partial charge in [-0.05, 0) is 19.3 Å². The summed E-state index contributed by atoms with van der Waals surface area (Å²) in [6, 6.07) is -0.391. The number of carbonyl (C=O) groups excluding carboxylic acids is 2. The zero-order chi connectivity index (χ0) is 14.7. The maximum absolute atomic E-state index is 12.6. The monoisotopic (exact) mass is 295 g/mol. The van der Waals surface area contributed by atoms with Gasteiger partial charge in [0.2, 0.25) is 11.8 Å². The van der Waals surface area contributed by atoms with Gasteiger partial charge in [0.05, 0.1) is 17.7 Å². The number of hydrogen-bond acceptors (Lipinski definition) is 4. The molecule has 20 heavy (non-hydrogen) atoms. The van der Waals surface area contributed by atoms with Crippen LogP contribution in [-0.4, -0.2) is 34.3 Å². The van der Waals surface area contributed by atoms with Crippen LogP contribution in [0.4, 0.5) is 0 Å². The highest BCUT2D eigenvalue weighted by Gasteiger charge is 2.30. The molecule has 5 nitrogen and oxygen atoms in total. The van der Waals surface area contributed by atoms with Crippen LogP contribution >= 0.6 is 11.3 Å². The summed E-state index contributed by atoms with van der Waals surface area (Å²) in [5, 5.41) is 2.84. The van der Waals surface area contributed by atoms with Crippen molar-refractivity contribution >= 4 is 23.2 Å². The van der Waals surface area contributed by atoms with Crippen molar-refractivity contribution in [2.24, 2.45) is 5.92 Å². The van der Waals surface area contributed by atoms with Crippen LogP contribution in [0.2, 0.25) is 0 Å². The van der Waals surface area contributed by atoms with Crippen LogP contribution in [0.1, 0.15) is 37.3 Å². The Bertz CT molecular complexity index is 498. The molecule has 1 saturated heterocycles. The summed E-state index contributed by atoms with van der Waals surface area (Å²) >= 11 is 1.56. The Morgan fingerprint density at radius 3 is 2.85 bits per heavy atom. The Hall–Kier alpha value is -1.43. The van der Waals surface area contributed by atoms with Crippen LogP contribution in [0.25, 0.3) is 0 Å². The topological polar surface area (TPSA) is 62.3 Å². The van der Waals surface area contributed by atoms with E-state index in [-0.39, 0.29) is 11.8 Å². The number of thiazole rings is 1. The number of nitrogens with one attached hydrogen (secondary N) is 1. The summed E-state index contributed by atoms with van der Waals surface area (Å²) in [5.41, 5.74) is 2.76. The van der Waals surface area contributed by atoms with Crippen molar-refractivity contribution in [2.75, 3.05) is 6.54 Å². The molecule has 1 fully saturated rings. The number of nitrogens with zero attached hydrogens (tertiary/aromatic N) is 2. The second-order valence-corrected chi connectivity index (χ2v) is 6.56. The van der Waals surface area contributed by atoms with E-state index in [0.717, 1.165) is 10.6 Å². The molecule has 6 heteroatoms. The zero-order valence-electron chi connectivity index (χ0n) is 12.2. The fraction of sp³-hybridized carbons (Fsp3) is 0.643. The molecule has 1 aliphatic rings. The van der Waals surface area contributed by atoms with E-state index in [9.17, 15) is 9.59 Å². The van der Waals surface area contributed by atoms with Crippen LogP contribution < -0.4 is 5.32 Å². The minimum atomic E-state index is -0.391. The SMILES string of the molecule is Cc1ncsc1CN1CCC(=O)NC(CC(C)C)C1=O. The summed E-state index contributed by atoms with van der Waals surface area (Å²) in [6.45, 7) is 7.10. The van der Waals surface area contributed by atoms with Crippen LogP contribution in [-0.2, 0) is 16.1 Å². The first-order valence-corrected chi connectivity index (χ1v) is 7.82. The minimum absolute atomic E-state index is 0.0253. The van der Waals surface area contributed by atoms with Crippen molar-refractivity contribution in [1.29, 1.82) is 0 Å². The van der Waals surface area contributed by atoms with E-state index in [4.69, 9.17) is 0 Å². The van der Waals surface area contributed by atoms with Gasteiger partial charge in [0.1, 0.15) is 6.04 Å². The highest BCUT2D eigenvalue weighted by atomic mass is 32.1. The number of rotatable bonds is 4. The molecule has 0 bridgehead atoms. The van der Waals surface area contributed by atoms with Crippen LogP contribution in [0.3, 0.4) is 0 Å². The molecule has 0 aliphatic carbocycles. The zero-order valence-corrected chi connectivity index (χ0v) is 13.0. The number of aromatic nitrogens is 1. The Morgan fingerprint density at radius 2 is 2.25 bits per heavy atom. The lowest BCUT2D eigenvalue weighted by molar-refractivity contribution is -0.134. The normalized spacial score (nSPS) is 20.2. The molecule has 0 radical (unpaired) electrons. The quantitative estimate of drug-likeness (QED) is 0.920. The predicted octanol–water partition coefficient (Wildman–Crippen LogP) is 1.71. The van der Waals surface area contributed by atoms with Gasteiger partial charge in [0, 0.05) is 17.8 Å². The Kier molecular flexibility index (Phi) is 4.75. The molecule has 110 valence electrons. The summed E-state index contributed by atoms with van der Waals surface area (Å²) in [7, 11) is 0. The lowest BCUT2D eigenvalue weighted by atomic mass is 10.0. The fourth-order valence-electron chi connectivity index (χ4n) is 2.33. The Labute approximate surface area is 123 Å². The second kappa shape index (κ2) is 6.35. The minimum Gasteiger partial charge on any atom is -0.344 e. The molecule has 0 saturated carbocycles. The van der Waals surface area contributed by atoms with Gasteiger partial charge in [0.15, 0.2) is 0 Å². The van der Waals surface area contributed by atoms with Crippen molar-refractivity contribution in [3.8, 4) is 0 Å². The number of amides is 2. The highest BCUT2D eigenvalue weighted by molar-refractivity contribution is 7.09. The summed E-state index contributed by atoms with van der Waals surface area (Å²) < 4.78 is 0. The average molecular weight is 295 g/mol. The molecule has 2 amide bonds. The Balaban J connectivity index is 2.13. The van der Waals surface area contributed by atoms with Gasteiger partial charge in [-0.25, -0.2) is 4.98 Å². The smallest absolute Gasteiger partial charge is 0.245 e. The predicted molar refractivity (Wildman–Crippen MR) is 78.3 cm³/mol. The molecular weight excluding hydrogens is 274 g/mol. The van der Waals surface area contributed by atoms with E-state index in [1.54, 1.807) is 21.7 Å². The van der Waals surface area contributed by atoms with Gasteiger partial charge in [-0.1, -0.05) is 13.8 Å². The third-order valence-corrected chi connectivity index (χ3v) is 4.36. The third kappa shape index (κ3) is 3.56. The molecule has 1 N–H and O–H groups in total. The molecule has 1 aliphatic heterocycles. The van der Waals surface area contributed by atoms with Crippen LogP contribution in [0.15, 0.2) is 5.51 Å². The first kappa shape index (κ1) is 15.0. The van der Waals surface area contributed by atoms with Crippen molar-refractivity contribution < 1.29 is 9.59 Å². The standard InChI is InChI=1S/C14H21N3O2S/c1-9(2)6-11-14(19)17(5-4-13(18)16-11)7-12-10(3)15-8-20-12/h8-9,11H,4-7H2,1-3H3,(H,16,18). The first-order chi connectivity index (χ1) is 9.47. The van der Waals surface area contributed by atoms with Crippen molar-refractivity contribution in [3.63, 3.8) is 0 Å². The first-order valence-electron chi connectivity index (χ1n) is 6.94. The van der Waals surface area contributed by atoms with Crippen LogP contribution in [0.5, 0.6) is 0 Å². The van der Waals surface area contributed by atoms with E-state index in [1.165, 1.54) is 0 Å². The van der Waals surface area contributed by atoms with Gasteiger partial charge >= 0.3 is 0 Å². The number of carbonyl (C=O) groups is 2. The molecule has 2 heterocycles. The molecule has 1 atom stereocenters. The maximum atomic E-state index is 12.6. The summed E-state index contributed by atoms with van der Waals surface area (Å²) in [6.07, 6.45) is 1.06. The number of hydrogen-bond donors (Lipinski definition) is 1. The lowest BCUT2D eigenvalue weighted by Crippen LogP contribution is -2.45. The largest absolute Gasteiger partial charge is 0.344 e. The van der Waals surface area contributed by atoms with Crippen molar-refractivity contribution in [2.45, 2.75) is 46.2 Å². The van der Waals surface area contributed by atoms with E-state index in [2.05, 4.69) is 24.1 Å². The van der Waals surface area contributed by atoms with Gasteiger partial charge < -0.3 is 10.2 Å². The molecular formula is C14H21N3O2S. The van der Waals surface area contributed by atoms with Crippen molar-refractivity contribution in [3.05, 3.63) is 16.1 Å². The van der Waals surface area contributed by atoms with Crippen molar-refractivity contribution in [1.82, 2.24) is 15.2 Å². The molecule has 2 rings (SSSR count). The fourth-order valence-corrected chi connectivity index (χ4v) is 3.13. The van der Waals surface area contributed by atoms with E-state index in [1.807, 2.05) is 6.92 Å². The van der Waals surface area contributed by atoms with Gasteiger partial charge in [-0.3, -0.25) is 9.59 Å². The van der Waals surface area contributed by atoms with Gasteiger partial charge in [0.25, 0.3) is 0 Å². The Morgan fingerprint density at radius 1 is 1.50 bits per heavy atom. The average Bonchev–Trinajstić information content (AvgIpc) is 2.72. The van der Waals surface area contributed by atoms with E-state index >= 15 is 0 Å².